The number of carbonyl (C=O) groups is 1. The number of nitrogens with zero attached hydrogens (tertiary/aromatic N) is 2. The van der Waals surface area contributed by atoms with Crippen LogP contribution in [0.15, 0.2) is 36.5 Å². The Morgan fingerprint density at radius 1 is 1.31 bits per heavy atom. The zero-order chi connectivity index (χ0) is 18.5. The van der Waals surface area contributed by atoms with Crippen molar-refractivity contribution in [2.75, 3.05) is 33.2 Å². The van der Waals surface area contributed by atoms with Crippen LogP contribution in [0.1, 0.15) is 34.5 Å². The molecule has 1 fully saturated rings. The van der Waals surface area contributed by atoms with E-state index in [9.17, 15) is 4.79 Å². The Labute approximate surface area is 161 Å². The van der Waals surface area contributed by atoms with E-state index in [1.807, 2.05) is 43.3 Å². The molecule has 0 unspecified atom stereocenters. The maximum Gasteiger partial charge on any atom is 0.255 e. The first-order valence-corrected chi connectivity index (χ1v) is 9.77. The number of carbonyl (C=O) groups excluding carboxylic acids is 1. The molecule has 2 heterocycles. The fourth-order valence-electron chi connectivity index (χ4n) is 3.80. The van der Waals surface area contributed by atoms with Gasteiger partial charge in [-0.3, -0.25) is 4.79 Å². The van der Waals surface area contributed by atoms with Gasteiger partial charge >= 0.3 is 0 Å². The van der Waals surface area contributed by atoms with Crippen molar-refractivity contribution in [3.05, 3.63) is 58.4 Å². The molecule has 1 aromatic heterocycles. The maximum absolute atomic E-state index is 12.6. The topological polar surface area (TPSA) is 39.3 Å². The summed E-state index contributed by atoms with van der Waals surface area (Å²) in [5, 5.41) is 0.789. The first-order valence-electron chi connectivity index (χ1n) is 9.39. The van der Waals surface area contributed by atoms with Gasteiger partial charge in [-0.25, -0.2) is 0 Å². The third-order valence-electron chi connectivity index (χ3n) is 5.30. The molecular formula is C21H28ClN3O. The van der Waals surface area contributed by atoms with Crippen LogP contribution >= 0.6 is 11.6 Å². The van der Waals surface area contributed by atoms with E-state index in [4.69, 9.17) is 11.6 Å². The van der Waals surface area contributed by atoms with Crippen LogP contribution in [0.25, 0.3) is 0 Å². The molecule has 0 spiro atoms. The third-order valence-corrected chi connectivity index (χ3v) is 5.55. The van der Waals surface area contributed by atoms with Gasteiger partial charge in [0.05, 0.1) is 5.56 Å². The third kappa shape index (κ3) is 4.89. The number of aryl methyl sites for hydroxylation is 1. The van der Waals surface area contributed by atoms with E-state index in [2.05, 4.69) is 22.0 Å². The van der Waals surface area contributed by atoms with Crippen LogP contribution in [0.3, 0.4) is 0 Å². The molecule has 0 bridgehead atoms. The van der Waals surface area contributed by atoms with Gasteiger partial charge in [0, 0.05) is 43.6 Å². The molecule has 3 rings (SSSR count). The van der Waals surface area contributed by atoms with Gasteiger partial charge in [0.2, 0.25) is 0 Å². The standard InChI is InChI=1S/C21H28ClN3O/c1-16-20(9-11-23-16)21(26)24(2)14-18-4-3-12-25(15-18)13-10-17-5-7-19(22)8-6-17/h5-9,11,18,23H,3-4,10,12-15H2,1-2H3/t18-/m0/s1. The van der Waals surface area contributed by atoms with E-state index in [1.54, 1.807) is 0 Å². The van der Waals surface area contributed by atoms with Gasteiger partial charge in [-0.1, -0.05) is 23.7 Å². The summed E-state index contributed by atoms with van der Waals surface area (Å²) < 4.78 is 0. The van der Waals surface area contributed by atoms with Gasteiger partial charge in [0.25, 0.3) is 5.91 Å². The Kier molecular flexibility index (Phi) is 6.38. The minimum atomic E-state index is 0.113. The molecule has 26 heavy (non-hydrogen) atoms. The second kappa shape index (κ2) is 8.74. The van der Waals surface area contributed by atoms with Gasteiger partial charge in [-0.05, 0) is 62.4 Å². The van der Waals surface area contributed by atoms with Gasteiger partial charge in [-0.15, -0.1) is 0 Å². The van der Waals surface area contributed by atoms with Crippen LogP contribution < -0.4 is 0 Å². The lowest BCUT2D eigenvalue weighted by atomic mass is 9.97. The molecule has 1 aliphatic heterocycles. The van der Waals surface area contributed by atoms with Crippen LogP contribution in [0.4, 0.5) is 0 Å². The van der Waals surface area contributed by atoms with Crippen LogP contribution in [0, 0.1) is 12.8 Å². The number of nitrogens with one attached hydrogen (secondary N) is 1. The van der Waals surface area contributed by atoms with Crippen molar-refractivity contribution in [2.45, 2.75) is 26.2 Å². The SMILES string of the molecule is Cc1[nH]ccc1C(=O)N(C)C[C@@H]1CCCN(CCc2ccc(Cl)cc2)C1. The lowest BCUT2D eigenvalue weighted by Gasteiger charge is -2.34. The number of rotatable bonds is 6. The van der Waals surface area contributed by atoms with Gasteiger partial charge in [-0.2, -0.15) is 0 Å². The summed E-state index contributed by atoms with van der Waals surface area (Å²) >= 11 is 5.96. The number of hydrogen-bond acceptors (Lipinski definition) is 2. The highest BCUT2D eigenvalue weighted by Crippen LogP contribution is 2.19. The summed E-state index contributed by atoms with van der Waals surface area (Å²) in [4.78, 5) is 20.1. The molecule has 4 nitrogen and oxygen atoms in total. The summed E-state index contributed by atoms with van der Waals surface area (Å²) in [5.74, 6) is 0.657. The Morgan fingerprint density at radius 2 is 2.08 bits per heavy atom. The van der Waals surface area contributed by atoms with E-state index >= 15 is 0 Å². The Balaban J connectivity index is 1.49. The molecule has 1 amide bonds. The second-order valence-corrected chi connectivity index (χ2v) is 7.82. The number of benzene rings is 1. The van der Waals surface area contributed by atoms with E-state index in [0.717, 1.165) is 48.9 Å². The first kappa shape index (κ1) is 19.0. The quantitative estimate of drug-likeness (QED) is 0.831. The fraction of sp³-hybridized carbons (Fsp3) is 0.476. The van der Waals surface area contributed by atoms with Crippen molar-refractivity contribution in [3.8, 4) is 0 Å². The zero-order valence-electron chi connectivity index (χ0n) is 15.7. The number of piperidine rings is 1. The monoisotopic (exact) mass is 373 g/mol. The number of aromatic amines is 1. The molecule has 140 valence electrons. The predicted molar refractivity (Wildman–Crippen MR) is 107 cm³/mol. The first-order chi connectivity index (χ1) is 12.5. The molecule has 1 N–H and O–H groups in total. The number of hydrogen-bond donors (Lipinski definition) is 1. The van der Waals surface area contributed by atoms with Crippen molar-refractivity contribution in [1.29, 1.82) is 0 Å². The van der Waals surface area contributed by atoms with Crippen LogP contribution in [-0.4, -0.2) is 53.9 Å². The normalized spacial score (nSPS) is 18.0. The largest absolute Gasteiger partial charge is 0.365 e. The Bertz CT molecular complexity index is 725. The summed E-state index contributed by atoms with van der Waals surface area (Å²) in [6.45, 7) is 6.05. The zero-order valence-corrected chi connectivity index (χ0v) is 16.4. The molecule has 1 saturated heterocycles. The number of aromatic nitrogens is 1. The van der Waals surface area contributed by atoms with E-state index in [0.29, 0.717) is 5.92 Å². The average molecular weight is 374 g/mol. The fourth-order valence-corrected chi connectivity index (χ4v) is 3.93. The van der Waals surface area contributed by atoms with E-state index in [-0.39, 0.29) is 5.91 Å². The smallest absolute Gasteiger partial charge is 0.255 e. The Morgan fingerprint density at radius 3 is 2.77 bits per heavy atom. The van der Waals surface area contributed by atoms with Crippen LogP contribution in [0.2, 0.25) is 5.02 Å². The average Bonchev–Trinajstić information content (AvgIpc) is 3.07. The number of likely N-dealkylation sites (tertiary alicyclic amines) is 1. The molecule has 5 heteroatoms. The molecule has 0 radical (unpaired) electrons. The molecule has 1 atom stereocenters. The van der Waals surface area contributed by atoms with Crippen molar-refractivity contribution in [3.63, 3.8) is 0 Å². The summed E-state index contributed by atoms with van der Waals surface area (Å²) in [5.41, 5.74) is 3.05. The summed E-state index contributed by atoms with van der Waals surface area (Å²) in [7, 11) is 1.92. The van der Waals surface area contributed by atoms with Crippen molar-refractivity contribution < 1.29 is 4.79 Å². The molecule has 2 aromatic rings. The minimum absolute atomic E-state index is 0.113. The highest BCUT2D eigenvalue weighted by molar-refractivity contribution is 6.30. The molecule has 1 aliphatic rings. The maximum atomic E-state index is 12.6. The van der Waals surface area contributed by atoms with Gasteiger partial charge in [0.1, 0.15) is 0 Å². The van der Waals surface area contributed by atoms with E-state index in [1.165, 1.54) is 18.4 Å². The highest BCUT2D eigenvalue weighted by Gasteiger charge is 2.23. The minimum Gasteiger partial charge on any atom is -0.365 e. The Hall–Kier alpha value is -1.78. The lowest BCUT2D eigenvalue weighted by molar-refractivity contribution is 0.0730. The van der Waals surface area contributed by atoms with E-state index < -0.39 is 0 Å². The second-order valence-electron chi connectivity index (χ2n) is 7.39. The molecule has 0 aliphatic carbocycles. The van der Waals surface area contributed by atoms with Crippen molar-refractivity contribution in [2.24, 2.45) is 5.92 Å². The summed E-state index contributed by atoms with van der Waals surface area (Å²) in [6, 6.07) is 10.00. The number of amides is 1. The molecule has 0 saturated carbocycles. The van der Waals surface area contributed by atoms with Crippen molar-refractivity contribution in [1.82, 2.24) is 14.8 Å². The number of halogens is 1. The van der Waals surface area contributed by atoms with Crippen LogP contribution in [-0.2, 0) is 6.42 Å². The van der Waals surface area contributed by atoms with Gasteiger partial charge < -0.3 is 14.8 Å². The highest BCUT2D eigenvalue weighted by atomic mass is 35.5. The number of H-pyrrole nitrogens is 1. The summed E-state index contributed by atoms with van der Waals surface area (Å²) in [6.07, 6.45) is 5.27. The molecular weight excluding hydrogens is 346 g/mol. The predicted octanol–water partition coefficient (Wildman–Crippen LogP) is 4.00. The molecule has 1 aromatic carbocycles. The van der Waals surface area contributed by atoms with Crippen molar-refractivity contribution >= 4 is 17.5 Å². The van der Waals surface area contributed by atoms with Gasteiger partial charge in [0.15, 0.2) is 0 Å². The lowest BCUT2D eigenvalue weighted by Crippen LogP contribution is -2.42. The van der Waals surface area contributed by atoms with Crippen LogP contribution in [0.5, 0.6) is 0 Å².